The molecule has 168 valence electrons. The molecule has 1 saturated heterocycles. The Balaban J connectivity index is 1.69. The van der Waals surface area contributed by atoms with Gasteiger partial charge in [0.1, 0.15) is 0 Å². The maximum Gasteiger partial charge on any atom is 0.246 e. The molecule has 2 aromatic carbocycles. The van der Waals surface area contributed by atoms with Crippen LogP contribution in [0.15, 0.2) is 54.6 Å². The van der Waals surface area contributed by atoms with Crippen molar-refractivity contribution >= 4 is 27.7 Å². The molecular formula is C24H28N4O3S. The molecule has 8 heteroatoms. The lowest BCUT2D eigenvalue weighted by Gasteiger charge is -2.23. The van der Waals surface area contributed by atoms with E-state index in [1.165, 1.54) is 4.31 Å². The first-order valence-corrected chi connectivity index (χ1v) is 12.1. The normalized spacial score (nSPS) is 15.2. The van der Waals surface area contributed by atoms with Gasteiger partial charge in [0, 0.05) is 32.3 Å². The van der Waals surface area contributed by atoms with E-state index in [1.807, 2.05) is 43.3 Å². The van der Waals surface area contributed by atoms with Gasteiger partial charge in [-0.15, -0.1) is 0 Å². The van der Waals surface area contributed by atoms with Gasteiger partial charge >= 0.3 is 0 Å². The van der Waals surface area contributed by atoms with Crippen LogP contribution in [-0.4, -0.2) is 63.6 Å². The summed E-state index contributed by atoms with van der Waals surface area (Å²) in [7, 11) is 0.716. The molecule has 1 aliphatic rings. The van der Waals surface area contributed by atoms with Crippen molar-refractivity contribution in [2.24, 2.45) is 0 Å². The third-order valence-electron chi connectivity index (χ3n) is 5.28. The Morgan fingerprint density at radius 1 is 1.09 bits per heavy atom. The molecule has 0 aliphatic carbocycles. The highest BCUT2D eigenvalue weighted by atomic mass is 32.2. The zero-order valence-electron chi connectivity index (χ0n) is 18.4. The molecule has 32 heavy (non-hydrogen) atoms. The van der Waals surface area contributed by atoms with Crippen molar-refractivity contribution in [2.75, 3.05) is 43.8 Å². The number of amides is 1. The van der Waals surface area contributed by atoms with Crippen LogP contribution in [0.1, 0.15) is 23.1 Å². The summed E-state index contributed by atoms with van der Waals surface area (Å²) in [6.07, 6.45) is 3.92. The number of benzene rings is 2. The molecule has 0 spiro atoms. The minimum atomic E-state index is -3.20. The Morgan fingerprint density at radius 3 is 2.34 bits per heavy atom. The van der Waals surface area contributed by atoms with Crippen molar-refractivity contribution in [3.8, 4) is 6.07 Å². The van der Waals surface area contributed by atoms with Crippen LogP contribution >= 0.6 is 0 Å². The predicted molar refractivity (Wildman–Crippen MR) is 126 cm³/mol. The van der Waals surface area contributed by atoms with E-state index in [0.29, 0.717) is 37.3 Å². The molecule has 0 unspecified atom stereocenters. The van der Waals surface area contributed by atoms with Crippen molar-refractivity contribution in [3.05, 3.63) is 71.3 Å². The number of nitrogens with zero attached hydrogens (tertiary/aromatic N) is 4. The van der Waals surface area contributed by atoms with Crippen LogP contribution in [0.4, 0.5) is 5.69 Å². The summed E-state index contributed by atoms with van der Waals surface area (Å²) in [6.45, 7) is 2.26. The van der Waals surface area contributed by atoms with Gasteiger partial charge in [-0.25, -0.2) is 8.42 Å². The summed E-state index contributed by atoms with van der Waals surface area (Å²) in [5, 5.41) is 8.96. The lowest BCUT2D eigenvalue weighted by Crippen LogP contribution is -2.35. The van der Waals surface area contributed by atoms with Crippen LogP contribution in [0.3, 0.4) is 0 Å². The van der Waals surface area contributed by atoms with E-state index in [-0.39, 0.29) is 11.7 Å². The maximum atomic E-state index is 12.9. The van der Waals surface area contributed by atoms with Gasteiger partial charge in [0.2, 0.25) is 15.9 Å². The third kappa shape index (κ3) is 6.19. The number of rotatable bonds is 8. The van der Waals surface area contributed by atoms with E-state index >= 15 is 0 Å². The summed E-state index contributed by atoms with van der Waals surface area (Å²) >= 11 is 0. The molecular weight excluding hydrogens is 424 g/mol. The van der Waals surface area contributed by atoms with Crippen LogP contribution < -0.4 is 4.31 Å². The van der Waals surface area contributed by atoms with Crippen LogP contribution in [0.2, 0.25) is 0 Å². The first-order chi connectivity index (χ1) is 15.3. The summed E-state index contributed by atoms with van der Waals surface area (Å²) in [6, 6.07) is 16.5. The molecule has 3 rings (SSSR count). The third-order valence-corrected chi connectivity index (χ3v) is 7.15. The first-order valence-electron chi connectivity index (χ1n) is 10.5. The minimum Gasteiger partial charge on any atom is -0.334 e. The number of nitriles is 1. The van der Waals surface area contributed by atoms with Gasteiger partial charge in [0.15, 0.2) is 0 Å². The van der Waals surface area contributed by atoms with E-state index < -0.39 is 10.0 Å². The average Bonchev–Trinajstić information content (AvgIpc) is 3.14. The second-order valence-corrected chi connectivity index (χ2v) is 10.1. The number of carbonyl (C=O) groups is 1. The number of carbonyl (C=O) groups excluding carboxylic acids is 1. The molecule has 1 fully saturated rings. The van der Waals surface area contributed by atoms with Gasteiger partial charge in [-0.2, -0.15) is 5.26 Å². The summed E-state index contributed by atoms with van der Waals surface area (Å²) in [4.78, 5) is 16.7. The number of likely N-dealkylation sites (N-methyl/N-ethyl adjacent to an activating group) is 1. The highest BCUT2D eigenvalue weighted by Crippen LogP contribution is 2.24. The summed E-state index contributed by atoms with van der Waals surface area (Å²) < 4.78 is 25.6. The molecule has 7 nitrogen and oxygen atoms in total. The zero-order valence-corrected chi connectivity index (χ0v) is 19.3. The fourth-order valence-corrected chi connectivity index (χ4v) is 5.01. The molecule has 2 aromatic rings. The molecule has 1 amide bonds. The van der Waals surface area contributed by atoms with Gasteiger partial charge in [0.05, 0.1) is 23.1 Å². The van der Waals surface area contributed by atoms with E-state index in [9.17, 15) is 13.2 Å². The van der Waals surface area contributed by atoms with Crippen LogP contribution in [0.25, 0.3) is 6.08 Å². The Kier molecular flexibility index (Phi) is 7.67. The molecule has 0 bridgehead atoms. The standard InChI is InChI=1S/C24H28N4O3S/c1-26(2)15-16-27(19-22-6-4-21(18-25)5-7-22)24(29)13-10-20-8-11-23(12-9-20)28-14-3-17-32(28,30)31/h4-13H,3,14-17,19H2,1-2H3/b13-10+. The zero-order chi connectivity index (χ0) is 23.1. The van der Waals surface area contributed by atoms with E-state index in [0.717, 1.165) is 17.7 Å². The van der Waals surface area contributed by atoms with Crippen molar-refractivity contribution in [1.29, 1.82) is 5.26 Å². The maximum absolute atomic E-state index is 12.9. The fraction of sp³-hybridized carbons (Fsp3) is 0.333. The fourth-order valence-electron chi connectivity index (χ4n) is 3.45. The van der Waals surface area contributed by atoms with E-state index in [1.54, 1.807) is 41.3 Å². The smallest absolute Gasteiger partial charge is 0.246 e. The van der Waals surface area contributed by atoms with Crippen molar-refractivity contribution < 1.29 is 13.2 Å². The highest BCUT2D eigenvalue weighted by Gasteiger charge is 2.28. The lowest BCUT2D eigenvalue weighted by atomic mass is 10.1. The number of sulfonamides is 1. The Bertz CT molecular complexity index is 1100. The molecule has 0 atom stereocenters. The molecule has 0 aromatic heterocycles. The van der Waals surface area contributed by atoms with Crippen molar-refractivity contribution in [3.63, 3.8) is 0 Å². The predicted octanol–water partition coefficient (Wildman–Crippen LogP) is 2.70. The molecule has 1 heterocycles. The van der Waals surface area contributed by atoms with E-state index in [2.05, 4.69) is 6.07 Å². The monoisotopic (exact) mass is 452 g/mol. The second-order valence-electron chi connectivity index (χ2n) is 8.04. The van der Waals surface area contributed by atoms with Crippen LogP contribution in [-0.2, 0) is 21.4 Å². The number of hydrogen-bond acceptors (Lipinski definition) is 5. The van der Waals surface area contributed by atoms with Gasteiger partial charge in [-0.05, 0) is 62.0 Å². The number of hydrogen-bond donors (Lipinski definition) is 0. The van der Waals surface area contributed by atoms with Crippen molar-refractivity contribution in [2.45, 2.75) is 13.0 Å². The first kappa shape index (κ1) is 23.5. The number of anilines is 1. The van der Waals surface area contributed by atoms with Crippen molar-refractivity contribution in [1.82, 2.24) is 9.80 Å². The Labute approximate surface area is 190 Å². The van der Waals surface area contributed by atoms with Gasteiger partial charge in [-0.3, -0.25) is 9.10 Å². The summed E-state index contributed by atoms with van der Waals surface area (Å²) in [5.74, 6) is 0.0768. The Morgan fingerprint density at radius 2 is 1.78 bits per heavy atom. The quantitative estimate of drug-likeness (QED) is 0.575. The van der Waals surface area contributed by atoms with Gasteiger partial charge in [-0.1, -0.05) is 24.3 Å². The van der Waals surface area contributed by atoms with Gasteiger partial charge < -0.3 is 9.80 Å². The van der Waals surface area contributed by atoms with Crippen LogP contribution in [0.5, 0.6) is 0 Å². The molecule has 0 saturated carbocycles. The topological polar surface area (TPSA) is 84.7 Å². The SMILES string of the molecule is CN(C)CCN(Cc1ccc(C#N)cc1)C(=O)/C=C/c1ccc(N2CCCS2(=O)=O)cc1. The average molecular weight is 453 g/mol. The highest BCUT2D eigenvalue weighted by molar-refractivity contribution is 7.93. The molecule has 0 N–H and O–H groups in total. The molecule has 0 radical (unpaired) electrons. The molecule has 1 aliphatic heterocycles. The van der Waals surface area contributed by atoms with E-state index in [4.69, 9.17) is 5.26 Å². The minimum absolute atomic E-state index is 0.109. The largest absolute Gasteiger partial charge is 0.334 e. The lowest BCUT2D eigenvalue weighted by molar-refractivity contribution is -0.126. The Hall–Kier alpha value is -3.15. The van der Waals surface area contributed by atoms with Gasteiger partial charge in [0.25, 0.3) is 0 Å². The summed E-state index contributed by atoms with van der Waals surface area (Å²) in [5.41, 5.74) is 3.02. The van der Waals surface area contributed by atoms with Crippen LogP contribution in [0, 0.1) is 11.3 Å². The second kappa shape index (κ2) is 10.4.